The Kier molecular flexibility index (Phi) is 3.80. The topological polar surface area (TPSA) is 48.4 Å². The molecule has 0 aliphatic carbocycles. The molecule has 0 saturated carbocycles. The predicted molar refractivity (Wildman–Crippen MR) is 63.6 cm³/mol. The summed E-state index contributed by atoms with van der Waals surface area (Å²) in [4.78, 5) is 0. The van der Waals surface area contributed by atoms with Crippen molar-refractivity contribution in [3.05, 3.63) is 42.2 Å². The van der Waals surface area contributed by atoms with Crippen LogP contribution in [0.1, 0.15) is 5.76 Å². The van der Waals surface area contributed by atoms with E-state index in [-0.39, 0.29) is 5.75 Å². The lowest BCUT2D eigenvalue weighted by molar-refractivity contribution is -0.274. The smallest absolute Gasteiger partial charge is 0.461 e. The maximum Gasteiger partial charge on any atom is 0.573 e. The van der Waals surface area contributed by atoms with E-state index >= 15 is 0 Å². The minimum atomic E-state index is -4.70. The first-order chi connectivity index (χ1) is 8.98. The van der Waals surface area contributed by atoms with Gasteiger partial charge in [0, 0.05) is 12.0 Å². The molecule has 0 amide bonds. The van der Waals surface area contributed by atoms with Crippen molar-refractivity contribution in [3.8, 4) is 17.1 Å². The van der Waals surface area contributed by atoms with Gasteiger partial charge in [-0.2, -0.15) is 0 Å². The van der Waals surface area contributed by atoms with Crippen molar-refractivity contribution >= 4 is 0 Å². The Balaban J connectivity index is 2.22. The van der Waals surface area contributed by atoms with Crippen molar-refractivity contribution in [1.29, 1.82) is 0 Å². The summed E-state index contributed by atoms with van der Waals surface area (Å²) in [6.07, 6.45) is -4.12. The summed E-state index contributed by atoms with van der Waals surface area (Å²) in [6.45, 7) is 0.449. The highest BCUT2D eigenvalue weighted by atomic mass is 19.4. The van der Waals surface area contributed by atoms with Crippen LogP contribution in [0.2, 0.25) is 0 Å². The highest BCUT2D eigenvalue weighted by Crippen LogP contribution is 2.29. The zero-order chi connectivity index (χ0) is 13.9. The van der Waals surface area contributed by atoms with Crippen molar-refractivity contribution in [2.24, 2.45) is 5.73 Å². The van der Waals surface area contributed by atoms with Gasteiger partial charge in [0.25, 0.3) is 0 Å². The molecule has 0 radical (unpaired) electrons. The zero-order valence-electron chi connectivity index (χ0n) is 9.91. The van der Waals surface area contributed by atoms with Crippen molar-refractivity contribution in [2.45, 2.75) is 12.8 Å². The first-order valence-electron chi connectivity index (χ1n) is 5.63. The molecule has 0 spiro atoms. The highest BCUT2D eigenvalue weighted by Gasteiger charge is 2.31. The summed E-state index contributed by atoms with van der Waals surface area (Å²) in [7, 11) is 0. The van der Waals surface area contributed by atoms with Crippen LogP contribution in [0.5, 0.6) is 5.75 Å². The van der Waals surface area contributed by atoms with Gasteiger partial charge in [-0.15, -0.1) is 13.2 Å². The van der Waals surface area contributed by atoms with E-state index in [9.17, 15) is 13.2 Å². The fourth-order valence-corrected chi connectivity index (χ4v) is 1.66. The van der Waals surface area contributed by atoms with Crippen molar-refractivity contribution in [3.63, 3.8) is 0 Å². The third kappa shape index (κ3) is 3.75. The average molecular weight is 271 g/mol. The number of alkyl halides is 3. The first-order valence-corrected chi connectivity index (χ1v) is 5.63. The van der Waals surface area contributed by atoms with Crippen LogP contribution >= 0.6 is 0 Å². The van der Waals surface area contributed by atoms with Gasteiger partial charge in [-0.25, -0.2) is 0 Å². The Labute approximate surface area is 107 Å². The maximum atomic E-state index is 12.1. The van der Waals surface area contributed by atoms with Gasteiger partial charge in [0.2, 0.25) is 0 Å². The van der Waals surface area contributed by atoms with Gasteiger partial charge in [0.05, 0.1) is 0 Å². The SMILES string of the molecule is NCCc1ccc(-c2cccc(OC(F)(F)F)c2)o1. The molecule has 1 aromatic heterocycles. The number of nitrogens with two attached hydrogens (primary N) is 1. The second-order valence-electron chi connectivity index (χ2n) is 3.88. The van der Waals surface area contributed by atoms with E-state index in [1.165, 1.54) is 18.2 Å². The molecule has 0 saturated heterocycles. The number of ether oxygens (including phenoxy) is 1. The van der Waals surface area contributed by atoms with Crippen LogP contribution in [0, 0.1) is 0 Å². The van der Waals surface area contributed by atoms with Crippen LogP contribution in [0.3, 0.4) is 0 Å². The molecular formula is C13H12F3NO2. The standard InChI is InChI=1S/C13H12F3NO2/c14-13(15,16)19-11-3-1-2-9(8-11)12-5-4-10(18-12)6-7-17/h1-5,8H,6-7,17H2. The molecule has 0 aliphatic heterocycles. The lowest BCUT2D eigenvalue weighted by atomic mass is 10.1. The molecule has 0 atom stereocenters. The quantitative estimate of drug-likeness (QED) is 0.927. The molecule has 1 heterocycles. The largest absolute Gasteiger partial charge is 0.573 e. The number of hydrogen-bond acceptors (Lipinski definition) is 3. The Hall–Kier alpha value is -1.95. The second-order valence-corrected chi connectivity index (χ2v) is 3.88. The minimum absolute atomic E-state index is 0.276. The molecule has 102 valence electrons. The lowest BCUT2D eigenvalue weighted by Gasteiger charge is -2.09. The number of furan rings is 1. The Morgan fingerprint density at radius 3 is 2.63 bits per heavy atom. The summed E-state index contributed by atoms with van der Waals surface area (Å²) in [5.74, 6) is 0.900. The molecule has 19 heavy (non-hydrogen) atoms. The minimum Gasteiger partial charge on any atom is -0.461 e. The molecule has 2 rings (SSSR count). The summed E-state index contributed by atoms with van der Waals surface area (Å²) in [6, 6.07) is 9.08. The van der Waals surface area contributed by atoms with Crippen molar-refractivity contribution in [2.75, 3.05) is 6.54 Å². The van der Waals surface area contributed by atoms with E-state index in [4.69, 9.17) is 10.2 Å². The van der Waals surface area contributed by atoms with Gasteiger partial charge in [-0.1, -0.05) is 12.1 Å². The van der Waals surface area contributed by atoms with E-state index in [1.54, 1.807) is 18.2 Å². The number of rotatable bonds is 4. The van der Waals surface area contributed by atoms with Gasteiger partial charge < -0.3 is 14.9 Å². The van der Waals surface area contributed by atoms with Gasteiger partial charge in [0.15, 0.2) is 0 Å². The maximum absolute atomic E-state index is 12.1. The molecule has 3 nitrogen and oxygen atoms in total. The lowest BCUT2D eigenvalue weighted by Crippen LogP contribution is -2.17. The molecule has 6 heteroatoms. The number of benzene rings is 1. The third-order valence-electron chi connectivity index (χ3n) is 2.40. The monoisotopic (exact) mass is 271 g/mol. The summed E-state index contributed by atoms with van der Waals surface area (Å²) in [5.41, 5.74) is 5.92. The Bertz CT molecular complexity index is 549. The van der Waals surface area contributed by atoms with Gasteiger partial charge >= 0.3 is 6.36 Å². The molecule has 2 aromatic rings. The van der Waals surface area contributed by atoms with E-state index in [0.717, 1.165) is 0 Å². The van der Waals surface area contributed by atoms with Crippen LogP contribution in [0.25, 0.3) is 11.3 Å². The van der Waals surface area contributed by atoms with Crippen molar-refractivity contribution < 1.29 is 22.3 Å². The average Bonchev–Trinajstić information content (AvgIpc) is 2.76. The van der Waals surface area contributed by atoms with Crippen molar-refractivity contribution in [1.82, 2.24) is 0 Å². The summed E-state index contributed by atoms with van der Waals surface area (Å²) >= 11 is 0. The van der Waals surface area contributed by atoms with Crippen LogP contribution in [-0.4, -0.2) is 12.9 Å². The molecule has 0 unspecified atom stereocenters. The number of hydrogen-bond donors (Lipinski definition) is 1. The van der Waals surface area contributed by atoms with Crippen LogP contribution in [0.4, 0.5) is 13.2 Å². The summed E-state index contributed by atoms with van der Waals surface area (Å²) in [5, 5.41) is 0. The van der Waals surface area contributed by atoms with Crippen LogP contribution in [0.15, 0.2) is 40.8 Å². The van der Waals surface area contributed by atoms with Gasteiger partial charge in [-0.05, 0) is 30.8 Å². The van der Waals surface area contributed by atoms with Gasteiger partial charge in [-0.3, -0.25) is 0 Å². The first kappa shape index (κ1) is 13.5. The highest BCUT2D eigenvalue weighted by molar-refractivity contribution is 5.59. The Morgan fingerprint density at radius 1 is 1.16 bits per heavy atom. The third-order valence-corrected chi connectivity index (χ3v) is 2.40. The fraction of sp³-hybridized carbons (Fsp3) is 0.231. The Morgan fingerprint density at radius 2 is 1.95 bits per heavy atom. The molecule has 0 bridgehead atoms. The van der Waals surface area contributed by atoms with Crippen LogP contribution in [-0.2, 0) is 6.42 Å². The molecule has 0 aliphatic rings. The normalized spacial score (nSPS) is 11.6. The van der Waals surface area contributed by atoms with E-state index < -0.39 is 6.36 Å². The van der Waals surface area contributed by atoms with Gasteiger partial charge in [0.1, 0.15) is 17.3 Å². The van der Waals surface area contributed by atoms with E-state index in [2.05, 4.69) is 4.74 Å². The van der Waals surface area contributed by atoms with E-state index in [1.807, 2.05) is 0 Å². The predicted octanol–water partition coefficient (Wildman–Crippen LogP) is 3.35. The fourth-order valence-electron chi connectivity index (χ4n) is 1.66. The molecule has 2 N–H and O–H groups in total. The molecular weight excluding hydrogens is 259 g/mol. The summed E-state index contributed by atoms with van der Waals surface area (Å²) < 4.78 is 45.7. The van der Waals surface area contributed by atoms with Crippen LogP contribution < -0.4 is 10.5 Å². The van der Waals surface area contributed by atoms with E-state index in [0.29, 0.717) is 30.0 Å². The number of halogens is 3. The molecule has 1 aromatic carbocycles. The molecule has 0 fully saturated rings. The zero-order valence-corrected chi connectivity index (χ0v) is 9.91. The second kappa shape index (κ2) is 5.36.